The van der Waals surface area contributed by atoms with Crippen LogP contribution in [0, 0.1) is 19.3 Å². The first kappa shape index (κ1) is 14.4. The lowest BCUT2D eigenvalue weighted by molar-refractivity contribution is -0.660. The third-order valence-electron chi connectivity index (χ3n) is 4.32. The quantitative estimate of drug-likeness (QED) is 0.354. The molecule has 4 heteroatoms. The number of hydrogen-bond acceptors (Lipinski definition) is 1. The average Bonchev–Trinajstić information content (AvgIpc) is 2.92. The van der Waals surface area contributed by atoms with Crippen LogP contribution < -0.4 is 4.57 Å². The molecule has 0 unspecified atom stereocenters. The van der Waals surface area contributed by atoms with Gasteiger partial charge in [-0.15, -0.1) is 0 Å². The Bertz CT molecular complexity index is 1150. The van der Waals surface area contributed by atoms with Gasteiger partial charge in [0.2, 0.25) is 5.69 Å². The minimum absolute atomic E-state index is 0.200. The minimum atomic E-state index is -0.501. The summed E-state index contributed by atoms with van der Waals surface area (Å²) >= 11 is 0. The average molecular weight is 317 g/mol. The van der Waals surface area contributed by atoms with E-state index >= 15 is 0 Å². The van der Waals surface area contributed by atoms with Crippen molar-refractivity contribution in [2.45, 2.75) is 6.92 Å². The zero-order valence-electron chi connectivity index (χ0n) is 13.3. The molecule has 0 fully saturated rings. The maximum Gasteiger partial charge on any atom is 0.212 e. The number of fused-ring (bicyclic) bond motifs is 3. The number of rotatable bonds is 1. The maximum absolute atomic E-state index is 14.2. The van der Waals surface area contributed by atoms with E-state index in [9.17, 15) is 4.39 Å². The van der Waals surface area contributed by atoms with E-state index in [1.807, 2.05) is 55.1 Å². The van der Waals surface area contributed by atoms with Crippen molar-refractivity contribution in [3.8, 4) is 11.3 Å². The number of pyridine rings is 1. The molecule has 0 aliphatic carbocycles. The molecule has 0 N–H and O–H groups in total. The predicted octanol–water partition coefficient (Wildman–Crippen LogP) is 5.08. The van der Waals surface area contributed by atoms with Gasteiger partial charge in [0, 0.05) is 28.5 Å². The molecule has 24 heavy (non-hydrogen) atoms. The fourth-order valence-electron chi connectivity index (χ4n) is 3.11. The summed E-state index contributed by atoms with van der Waals surface area (Å²) in [4.78, 5) is 3.34. The molecule has 0 amide bonds. The Morgan fingerprint density at radius 2 is 1.96 bits per heavy atom. The largest absolute Gasteiger partial charge is 0.453 e. The fraction of sp³-hybridized carbons (Fsp3) is 0.100. The minimum Gasteiger partial charge on any atom is -0.453 e. The van der Waals surface area contributed by atoms with Crippen LogP contribution in [0.5, 0.6) is 0 Å². The highest BCUT2D eigenvalue weighted by molar-refractivity contribution is 6.07. The Morgan fingerprint density at radius 3 is 2.71 bits per heavy atom. The second-order valence-corrected chi connectivity index (χ2v) is 5.88. The molecular weight excluding hydrogens is 303 g/mol. The van der Waals surface area contributed by atoms with Crippen molar-refractivity contribution in [3.63, 3.8) is 0 Å². The van der Waals surface area contributed by atoms with E-state index in [1.54, 1.807) is 6.07 Å². The highest BCUT2D eigenvalue weighted by Crippen LogP contribution is 2.36. The van der Waals surface area contributed by atoms with Gasteiger partial charge in [-0.05, 0) is 42.8 Å². The fourth-order valence-corrected chi connectivity index (χ4v) is 3.11. The van der Waals surface area contributed by atoms with Crippen molar-refractivity contribution in [1.82, 2.24) is 0 Å². The molecule has 0 aliphatic rings. The molecule has 4 rings (SSSR count). The highest BCUT2D eigenvalue weighted by Gasteiger charge is 2.18. The normalized spacial score (nSPS) is 11.1. The Kier molecular flexibility index (Phi) is 3.10. The van der Waals surface area contributed by atoms with Gasteiger partial charge >= 0.3 is 0 Å². The summed E-state index contributed by atoms with van der Waals surface area (Å²) in [6, 6.07) is 12.8. The number of benzene rings is 2. The lowest BCUT2D eigenvalue weighted by Crippen LogP contribution is -2.30. The molecule has 2 heterocycles. The number of hydrogen-bond donors (Lipinski definition) is 0. The summed E-state index contributed by atoms with van der Waals surface area (Å²) in [6.45, 7) is 9.15. The second kappa shape index (κ2) is 5.17. The zero-order chi connectivity index (χ0) is 16.8. The van der Waals surface area contributed by atoms with Gasteiger partial charge < -0.3 is 4.42 Å². The summed E-state index contributed by atoms with van der Waals surface area (Å²) < 4.78 is 22.0. The number of furan rings is 1. The zero-order valence-corrected chi connectivity index (χ0v) is 13.3. The number of nitrogens with zero attached hydrogens (tertiary/aromatic N) is 2. The number of aryl methyl sites for hydroxylation is 2. The molecule has 0 aliphatic heterocycles. The molecule has 3 nitrogen and oxygen atoms in total. The molecule has 2 aromatic heterocycles. The Hall–Kier alpha value is -3.19. The summed E-state index contributed by atoms with van der Waals surface area (Å²) in [5.41, 5.74) is 4.27. The Morgan fingerprint density at radius 1 is 1.12 bits per heavy atom. The summed E-state index contributed by atoms with van der Waals surface area (Å²) in [6.07, 6.45) is 1.99. The molecule has 116 valence electrons. The lowest BCUT2D eigenvalue weighted by atomic mass is 10.0. The molecule has 4 aromatic rings. The second-order valence-electron chi connectivity index (χ2n) is 5.88. The predicted molar refractivity (Wildman–Crippen MR) is 91.3 cm³/mol. The first-order valence-corrected chi connectivity index (χ1v) is 7.57. The third-order valence-corrected chi connectivity index (χ3v) is 4.32. The van der Waals surface area contributed by atoms with Crippen LogP contribution in [0.4, 0.5) is 10.1 Å². The van der Waals surface area contributed by atoms with Crippen molar-refractivity contribution in [2.24, 2.45) is 7.05 Å². The van der Waals surface area contributed by atoms with Crippen LogP contribution in [0.3, 0.4) is 0 Å². The van der Waals surface area contributed by atoms with Gasteiger partial charge in [0.05, 0.1) is 6.57 Å². The van der Waals surface area contributed by atoms with Gasteiger partial charge in [-0.3, -0.25) is 0 Å². The van der Waals surface area contributed by atoms with E-state index in [0.29, 0.717) is 11.0 Å². The number of halogens is 1. The van der Waals surface area contributed by atoms with Crippen LogP contribution in [-0.2, 0) is 7.05 Å². The summed E-state index contributed by atoms with van der Waals surface area (Å²) in [5, 5.41) is 1.45. The van der Waals surface area contributed by atoms with Crippen molar-refractivity contribution >= 4 is 27.6 Å². The third kappa shape index (κ3) is 2.06. The smallest absolute Gasteiger partial charge is 0.212 e. The van der Waals surface area contributed by atoms with E-state index in [-0.39, 0.29) is 11.3 Å². The molecule has 0 radical (unpaired) electrons. The van der Waals surface area contributed by atoms with Gasteiger partial charge in [0.25, 0.3) is 0 Å². The highest BCUT2D eigenvalue weighted by atomic mass is 19.1. The lowest BCUT2D eigenvalue weighted by Gasteiger charge is -2.04. The van der Waals surface area contributed by atoms with Crippen LogP contribution >= 0.6 is 0 Å². The Labute approximate surface area is 138 Å². The Balaban J connectivity index is 2.10. The van der Waals surface area contributed by atoms with Crippen molar-refractivity contribution in [2.75, 3.05) is 0 Å². The van der Waals surface area contributed by atoms with Gasteiger partial charge in [0.15, 0.2) is 23.3 Å². The van der Waals surface area contributed by atoms with E-state index in [1.165, 1.54) is 6.07 Å². The van der Waals surface area contributed by atoms with Gasteiger partial charge in [-0.1, -0.05) is 0 Å². The molecule has 0 spiro atoms. The van der Waals surface area contributed by atoms with E-state index in [2.05, 4.69) is 4.85 Å². The molecule has 0 atom stereocenters. The van der Waals surface area contributed by atoms with Gasteiger partial charge in [-0.2, -0.15) is 0 Å². The van der Waals surface area contributed by atoms with E-state index < -0.39 is 5.82 Å². The molecule has 0 saturated heterocycles. The van der Waals surface area contributed by atoms with Crippen LogP contribution in [-0.4, -0.2) is 0 Å². The van der Waals surface area contributed by atoms with Crippen molar-refractivity contribution in [1.29, 1.82) is 0 Å². The first-order chi connectivity index (χ1) is 11.6. The SMILES string of the molecule is [C-]#[N+]c1cc(F)c2oc3cc(C)c(-c4cccc[n+]4C)cc3c2c1. The van der Waals surface area contributed by atoms with Crippen molar-refractivity contribution in [3.05, 3.63) is 71.5 Å². The van der Waals surface area contributed by atoms with Crippen molar-refractivity contribution < 1.29 is 13.4 Å². The molecule has 0 bridgehead atoms. The molecule has 2 aromatic carbocycles. The van der Waals surface area contributed by atoms with Crippen LogP contribution in [0.15, 0.2) is 53.1 Å². The number of aromatic nitrogens is 1. The van der Waals surface area contributed by atoms with Crippen LogP contribution in [0.2, 0.25) is 0 Å². The van der Waals surface area contributed by atoms with E-state index in [0.717, 1.165) is 22.2 Å². The summed E-state index contributed by atoms with van der Waals surface area (Å²) in [7, 11) is 1.99. The van der Waals surface area contributed by atoms with Crippen LogP contribution in [0.25, 0.3) is 38.0 Å². The first-order valence-electron chi connectivity index (χ1n) is 7.57. The monoisotopic (exact) mass is 317 g/mol. The topological polar surface area (TPSA) is 21.4 Å². The molecular formula is C20H14FN2O+. The van der Waals surface area contributed by atoms with Gasteiger partial charge in [0.1, 0.15) is 12.6 Å². The molecule has 0 saturated carbocycles. The van der Waals surface area contributed by atoms with Crippen LogP contribution in [0.1, 0.15) is 5.56 Å². The van der Waals surface area contributed by atoms with Gasteiger partial charge in [-0.25, -0.2) is 13.8 Å². The van der Waals surface area contributed by atoms with E-state index in [4.69, 9.17) is 11.0 Å². The standard InChI is InChI=1S/C20H14FN2O/c1-12-8-19-15(11-14(12)18-6-4-5-7-23(18)3)16-9-13(22-2)10-17(21)20(16)24-19/h4-11H,1,3H3/q+1. The maximum atomic E-state index is 14.2. The summed E-state index contributed by atoms with van der Waals surface area (Å²) in [5.74, 6) is -0.501.